The Labute approximate surface area is 236 Å². The van der Waals surface area contributed by atoms with Gasteiger partial charge in [0.1, 0.15) is 0 Å². The summed E-state index contributed by atoms with van der Waals surface area (Å²) in [4.78, 5) is 18.6. The van der Waals surface area contributed by atoms with Crippen LogP contribution in [0.1, 0.15) is 97.7 Å². The molecule has 2 heterocycles. The van der Waals surface area contributed by atoms with Gasteiger partial charge in [0.05, 0.1) is 12.1 Å². The van der Waals surface area contributed by atoms with E-state index in [1.165, 1.54) is 97.1 Å². The van der Waals surface area contributed by atoms with E-state index in [1.54, 1.807) is 0 Å². The van der Waals surface area contributed by atoms with Gasteiger partial charge in [-0.1, -0.05) is 49.1 Å². The molecule has 212 valence electrons. The van der Waals surface area contributed by atoms with Gasteiger partial charge in [-0.25, -0.2) is 0 Å². The average Bonchev–Trinajstić information content (AvgIpc) is 2.91. The Balaban J connectivity index is 1.32. The molecule has 1 aliphatic carbocycles. The molecule has 0 bridgehead atoms. The molecule has 5 nitrogen and oxygen atoms in total. The van der Waals surface area contributed by atoms with Gasteiger partial charge in [0.2, 0.25) is 5.91 Å². The summed E-state index contributed by atoms with van der Waals surface area (Å²) in [5.74, 6) is 0.0652. The number of nitrogens with two attached hydrogens (primary N) is 1. The Morgan fingerprint density at radius 2 is 1.79 bits per heavy atom. The molecule has 0 radical (unpaired) electrons. The lowest BCUT2D eigenvalue weighted by molar-refractivity contribution is -0.135. The molecule has 5 rings (SSSR count). The van der Waals surface area contributed by atoms with E-state index in [-0.39, 0.29) is 11.9 Å². The molecule has 1 amide bonds. The second-order valence-corrected chi connectivity index (χ2v) is 12.8. The highest BCUT2D eigenvalue weighted by molar-refractivity contribution is 5.83. The Hall–Kier alpha value is -2.37. The summed E-state index contributed by atoms with van der Waals surface area (Å²) in [7, 11) is 0. The van der Waals surface area contributed by atoms with Crippen LogP contribution in [-0.2, 0) is 17.8 Å². The second-order valence-electron chi connectivity index (χ2n) is 12.8. The quantitative estimate of drug-likeness (QED) is 0.433. The zero-order valence-electron chi connectivity index (χ0n) is 24.8. The fourth-order valence-corrected chi connectivity index (χ4v) is 7.97. The summed E-state index contributed by atoms with van der Waals surface area (Å²) in [5, 5.41) is 3.59. The SMILES string of the molecule is CCN(C(=O)C(N)Cc1c(C)cc(C)cc1C)C1CCNc2ccc(CN3CCCC4(CCCCC4)C3)cc21. The zero-order chi connectivity index (χ0) is 27.6. The summed E-state index contributed by atoms with van der Waals surface area (Å²) < 4.78 is 0. The monoisotopic (exact) mass is 530 g/mol. The molecule has 2 fully saturated rings. The standard InChI is InChI=1S/C34H50N4O/c1-5-38(33(39)30(35)21-28-25(3)18-24(2)19-26(28)4)32-12-16-36-31-11-10-27(20-29(31)32)22-37-17-9-15-34(23-37)13-7-6-8-14-34/h10-11,18-20,30,32,36H,5-9,12-17,21-23,35H2,1-4H3. The van der Waals surface area contributed by atoms with E-state index < -0.39 is 6.04 Å². The van der Waals surface area contributed by atoms with Crippen LogP contribution in [0.2, 0.25) is 0 Å². The third kappa shape index (κ3) is 6.20. The fraction of sp³-hybridized carbons (Fsp3) is 0.618. The van der Waals surface area contributed by atoms with Crippen molar-refractivity contribution in [3.8, 4) is 0 Å². The first-order chi connectivity index (χ1) is 18.8. The number of fused-ring (bicyclic) bond motifs is 1. The minimum absolute atomic E-state index is 0.0652. The lowest BCUT2D eigenvalue weighted by Gasteiger charge is -2.45. The number of nitrogens with one attached hydrogen (secondary N) is 1. The molecule has 0 aromatic heterocycles. The predicted molar refractivity (Wildman–Crippen MR) is 162 cm³/mol. The van der Waals surface area contributed by atoms with Crippen LogP contribution in [0.25, 0.3) is 0 Å². The first-order valence-corrected chi connectivity index (χ1v) is 15.5. The van der Waals surface area contributed by atoms with E-state index >= 15 is 0 Å². The molecule has 1 saturated carbocycles. The van der Waals surface area contributed by atoms with E-state index in [1.807, 2.05) is 4.90 Å². The van der Waals surface area contributed by atoms with Crippen molar-refractivity contribution in [2.75, 3.05) is 31.5 Å². The molecule has 3 aliphatic rings. The summed E-state index contributed by atoms with van der Waals surface area (Å²) in [6.45, 7) is 13.5. The van der Waals surface area contributed by atoms with E-state index in [9.17, 15) is 4.79 Å². The van der Waals surface area contributed by atoms with Crippen LogP contribution in [-0.4, -0.2) is 47.9 Å². The van der Waals surface area contributed by atoms with E-state index in [2.05, 4.69) is 68.2 Å². The molecule has 2 unspecified atom stereocenters. The molecule has 2 atom stereocenters. The molecule has 3 N–H and O–H groups in total. The van der Waals surface area contributed by atoms with Crippen molar-refractivity contribution in [2.45, 2.75) is 104 Å². The fourth-order valence-electron chi connectivity index (χ4n) is 7.97. The number of hydrogen-bond acceptors (Lipinski definition) is 4. The van der Waals surface area contributed by atoms with Gasteiger partial charge in [-0.3, -0.25) is 9.69 Å². The van der Waals surface area contributed by atoms with Gasteiger partial charge < -0.3 is 16.0 Å². The smallest absolute Gasteiger partial charge is 0.240 e. The van der Waals surface area contributed by atoms with Gasteiger partial charge in [0.25, 0.3) is 0 Å². The Morgan fingerprint density at radius 3 is 2.51 bits per heavy atom. The maximum absolute atomic E-state index is 13.8. The summed E-state index contributed by atoms with van der Waals surface area (Å²) >= 11 is 0. The number of benzene rings is 2. The maximum Gasteiger partial charge on any atom is 0.240 e. The van der Waals surface area contributed by atoms with Crippen molar-refractivity contribution in [1.29, 1.82) is 0 Å². The van der Waals surface area contributed by atoms with E-state index in [0.29, 0.717) is 18.4 Å². The maximum atomic E-state index is 13.8. The van der Waals surface area contributed by atoms with Gasteiger partial charge in [-0.05, 0) is 112 Å². The summed E-state index contributed by atoms with van der Waals surface area (Å²) in [5.41, 5.74) is 15.9. The number of nitrogens with zero attached hydrogens (tertiary/aromatic N) is 2. The molecule has 5 heteroatoms. The highest BCUT2D eigenvalue weighted by Crippen LogP contribution is 2.43. The number of rotatable bonds is 7. The van der Waals surface area contributed by atoms with Crippen molar-refractivity contribution in [3.63, 3.8) is 0 Å². The highest BCUT2D eigenvalue weighted by atomic mass is 16.2. The number of carbonyl (C=O) groups excluding carboxylic acids is 1. The summed E-state index contributed by atoms with van der Waals surface area (Å²) in [6.07, 6.45) is 11.3. The van der Waals surface area contributed by atoms with Crippen LogP contribution in [0.4, 0.5) is 5.69 Å². The van der Waals surface area contributed by atoms with Crippen LogP contribution in [0.3, 0.4) is 0 Å². The third-order valence-corrected chi connectivity index (χ3v) is 9.85. The van der Waals surface area contributed by atoms with Crippen LogP contribution >= 0.6 is 0 Å². The van der Waals surface area contributed by atoms with Crippen molar-refractivity contribution >= 4 is 11.6 Å². The predicted octanol–water partition coefficient (Wildman–Crippen LogP) is 6.43. The Kier molecular flexibility index (Phi) is 8.68. The van der Waals surface area contributed by atoms with Crippen LogP contribution < -0.4 is 11.1 Å². The Bertz CT molecular complexity index is 1140. The average molecular weight is 531 g/mol. The number of likely N-dealkylation sites (tertiary alicyclic amines) is 1. The molecule has 39 heavy (non-hydrogen) atoms. The lowest BCUT2D eigenvalue weighted by Crippen LogP contribution is -2.47. The molecular weight excluding hydrogens is 480 g/mol. The van der Waals surface area contributed by atoms with Gasteiger partial charge in [0.15, 0.2) is 0 Å². The molecule has 1 saturated heterocycles. The largest absolute Gasteiger partial charge is 0.385 e. The second kappa shape index (κ2) is 12.0. The van der Waals surface area contributed by atoms with Crippen molar-refractivity contribution in [2.24, 2.45) is 11.1 Å². The van der Waals surface area contributed by atoms with Crippen LogP contribution in [0.15, 0.2) is 30.3 Å². The number of carbonyl (C=O) groups is 1. The Morgan fingerprint density at radius 1 is 1.08 bits per heavy atom. The van der Waals surface area contributed by atoms with Gasteiger partial charge in [-0.15, -0.1) is 0 Å². The minimum atomic E-state index is -0.536. The first kappa shape index (κ1) is 28.2. The molecule has 2 aliphatic heterocycles. The number of aryl methyl sites for hydroxylation is 3. The zero-order valence-corrected chi connectivity index (χ0v) is 24.8. The van der Waals surface area contributed by atoms with Gasteiger partial charge in [0, 0.05) is 31.9 Å². The van der Waals surface area contributed by atoms with Crippen LogP contribution in [0, 0.1) is 26.2 Å². The van der Waals surface area contributed by atoms with Gasteiger partial charge in [-0.2, -0.15) is 0 Å². The van der Waals surface area contributed by atoms with Crippen molar-refractivity contribution in [1.82, 2.24) is 9.80 Å². The van der Waals surface area contributed by atoms with Gasteiger partial charge >= 0.3 is 0 Å². The topological polar surface area (TPSA) is 61.6 Å². The first-order valence-electron chi connectivity index (χ1n) is 15.5. The third-order valence-electron chi connectivity index (χ3n) is 9.85. The lowest BCUT2D eigenvalue weighted by atomic mass is 9.69. The van der Waals surface area contributed by atoms with Crippen molar-refractivity contribution < 1.29 is 4.79 Å². The van der Waals surface area contributed by atoms with E-state index in [4.69, 9.17) is 5.73 Å². The molecule has 2 aromatic carbocycles. The normalized spacial score (nSPS) is 21.7. The molecule has 2 aromatic rings. The molecule has 1 spiro atoms. The van der Waals surface area contributed by atoms with E-state index in [0.717, 1.165) is 19.5 Å². The number of amides is 1. The summed E-state index contributed by atoms with van der Waals surface area (Å²) in [6, 6.07) is 10.8. The number of anilines is 1. The molecular formula is C34H50N4O. The van der Waals surface area contributed by atoms with Crippen molar-refractivity contribution in [3.05, 3.63) is 63.7 Å². The highest BCUT2D eigenvalue weighted by Gasteiger charge is 2.37. The number of hydrogen-bond donors (Lipinski definition) is 2. The minimum Gasteiger partial charge on any atom is -0.385 e. The number of piperidine rings is 1. The number of likely N-dealkylation sites (N-methyl/N-ethyl adjacent to an activating group) is 1. The van der Waals surface area contributed by atoms with Crippen LogP contribution in [0.5, 0.6) is 0 Å².